The molecule has 0 aliphatic carbocycles. The first-order chi connectivity index (χ1) is 11.1. The topological polar surface area (TPSA) is 86.5 Å². The maximum atomic E-state index is 11.7. The Morgan fingerprint density at radius 3 is 2.83 bits per heavy atom. The number of carbonyl (C=O) groups is 1. The molecule has 0 aliphatic heterocycles. The lowest BCUT2D eigenvalue weighted by molar-refractivity contribution is -0.123. The molecular formula is C16H21N3O4. The Labute approximate surface area is 135 Å². The summed E-state index contributed by atoms with van der Waals surface area (Å²) in [5.74, 6) is 1.49. The van der Waals surface area contributed by atoms with Crippen LogP contribution in [0.3, 0.4) is 0 Å². The Balaban J connectivity index is 2.04. The number of benzene rings is 1. The molecule has 0 spiro atoms. The molecule has 0 saturated heterocycles. The number of rotatable bonds is 8. The predicted octanol–water partition coefficient (Wildman–Crippen LogP) is 2.00. The summed E-state index contributed by atoms with van der Waals surface area (Å²) < 4.78 is 15.7. The summed E-state index contributed by atoms with van der Waals surface area (Å²) in [6, 6.07) is 7.24. The molecule has 23 heavy (non-hydrogen) atoms. The second kappa shape index (κ2) is 8.28. The van der Waals surface area contributed by atoms with Crippen molar-refractivity contribution < 1.29 is 18.8 Å². The van der Waals surface area contributed by atoms with Crippen molar-refractivity contribution in [3.8, 4) is 17.2 Å². The van der Waals surface area contributed by atoms with Crippen molar-refractivity contribution >= 4 is 5.91 Å². The molecule has 7 heteroatoms. The smallest absolute Gasteiger partial charge is 0.261 e. The van der Waals surface area contributed by atoms with Crippen LogP contribution in [-0.2, 0) is 9.53 Å². The Bertz CT molecular complexity index is 640. The molecule has 0 atom stereocenters. The van der Waals surface area contributed by atoms with Crippen molar-refractivity contribution in [3.63, 3.8) is 0 Å². The van der Waals surface area contributed by atoms with Crippen molar-refractivity contribution in [1.82, 2.24) is 15.5 Å². The third-order valence-electron chi connectivity index (χ3n) is 3.06. The van der Waals surface area contributed by atoms with Crippen molar-refractivity contribution in [1.29, 1.82) is 0 Å². The van der Waals surface area contributed by atoms with Crippen LogP contribution in [0.15, 0.2) is 28.8 Å². The van der Waals surface area contributed by atoms with E-state index in [1.165, 1.54) is 0 Å². The lowest BCUT2D eigenvalue weighted by Gasteiger charge is -2.09. The average Bonchev–Trinajstić information content (AvgIpc) is 3.03. The highest BCUT2D eigenvalue weighted by Crippen LogP contribution is 2.29. The number of hydrogen-bond acceptors (Lipinski definition) is 6. The Morgan fingerprint density at radius 1 is 1.35 bits per heavy atom. The number of nitrogens with one attached hydrogen (secondary N) is 1. The van der Waals surface area contributed by atoms with Gasteiger partial charge in [-0.25, -0.2) is 0 Å². The van der Waals surface area contributed by atoms with Crippen LogP contribution in [0.1, 0.15) is 25.6 Å². The normalized spacial score (nSPS) is 10.8. The van der Waals surface area contributed by atoms with Crippen molar-refractivity contribution in [2.45, 2.75) is 19.8 Å². The van der Waals surface area contributed by atoms with E-state index in [1.54, 1.807) is 13.2 Å². The van der Waals surface area contributed by atoms with Crippen LogP contribution in [-0.4, -0.2) is 42.9 Å². The number of para-hydroxylation sites is 1. The molecule has 0 aliphatic rings. The summed E-state index contributed by atoms with van der Waals surface area (Å²) in [6.07, 6.45) is 0. The van der Waals surface area contributed by atoms with Gasteiger partial charge in [0.15, 0.2) is 12.4 Å². The minimum atomic E-state index is -0.217. The molecule has 0 unspecified atom stereocenters. The van der Waals surface area contributed by atoms with Gasteiger partial charge in [0, 0.05) is 19.6 Å². The first-order valence-corrected chi connectivity index (χ1v) is 7.43. The van der Waals surface area contributed by atoms with Crippen LogP contribution < -0.4 is 10.1 Å². The second-order valence-electron chi connectivity index (χ2n) is 5.24. The van der Waals surface area contributed by atoms with Gasteiger partial charge in [0.1, 0.15) is 5.75 Å². The average molecular weight is 319 g/mol. The highest BCUT2D eigenvalue weighted by Gasteiger charge is 2.16. The third kappa shape index (κ3) is 4.79. The fourth-order valence-corrected chi connectivity index (χ4v) is 1.83. The van der Waals surface area contributed by atoms with Crippen LogP contribution in [0.4, 0.5) is 0 Å². The zero-order valence-corrected chi connectivity index (χ0v) is 13.5. The number of hydrogen-bond donors (Lipinski definition) is 1. The molecule has 2 rings (SSSR count). The van der Waals surface area contributed by atoms with Gasteiger partial charge in [-0.2, -0.15) is 4.98 Å². The maximum absolute atomic E-state index is 11.7. The van der Waals surface area contributed by atoms with E-state index in [1.807, 2.05) is 32.0 Å². The molecular weight excluding hydrogens is 298 g/mol. The van der Waals surface area contributed by atoms with Crippen LogP contribution in [0.5, 0.6) is 5.75 Å². The van der Waals surface area contributed by atoms with Gasteiger partial charge in [0.25, 0.3) is 11.8 Å². The first kappa shape index (κ1) is 17.0. The first-order valence-electron chi connectivity index (χ1n) is 7.43. The molecule has 124 valence electrons. The molecule has 1 aromatic carbocycles. The number of ether oxygens (including phenoxy) is 2. The lowest BCUT2D eigenvalue weighted by Crippen LogP contribution is -2.31. The van der Waals surface area contributed by atoms with Gasteiger partial charge in [-0.1, -0.05) is 31.1 Å². The van der Waals surface area contributed by atoms with Crippen molar-refractivity contribution in [2.24, 2.45) is 0 Å². The molecule has 0 bridgehead atoms. The summed E-state index contributed by atoms with van der Waals surface area (Å²) in [5, 5.41) is 6.64. The lowest BCUT2D eigenvalue weighted by atomic mass is 10.2. The van der Waals surface area contributed by atoms with E-state index >= 15 is 0 Å². The molecule has 1 aromatic heterocycles. The molecule has 0 fully saturated rings. The minimum Gasteiger partial charge on any atom is -0.483 e. The van der Waals surface area contributed by atoms with E-state index in [9.17, 15) is 4.79 Å². The number of carbonyl (C=O) groups excluding carboxylic acids is 1. The van der Waals surface area contributed by atoms with Crippen LogP contribution in [0, 0.1) is 0 Å². The molecule has 1 amide bonds. The van der Waals surface area contributed by atoms with Gasteiger partial charge < -0.3 is 19.3 Å². The van der Waals surface area contributed by atoms with Gasteiger partial charge in [-0.3, -0.25) is 4.79 Å². The maximum Gasteiger partial charge on any atom is 0.261 e. The van der Waals surface area contributed by atoms with Gasteiger partial charge in [-0.15, -0.1) is 0 Å². The monoisotopic (exact) mass is 319 g/mol. The highest BCUT2D eigenvalue weighted by atomic mass is 16.5. The number of aromatic nitrogens is 2. The zero-order valence-electron chi connectivity index (χ0n) is 13.5. The van der Waals surface area contributed by atoms with Gasteiger partial charge in [0.05, 0.1) is 12.2 Å². The number of nitrogens with zero attached hydrogens (tertiary/aromatic N) is 2. The van der Waals surface area contributed by atoms with E-state index in [4.69, 9.17) is 14.0 Å². The quantitative estimate of drug-likeness (QED) is 0.749. The van der Waals surface area contributed by atoms with Crippen LogP contribution in [0.25, 0.3) is 11.5 Å². The minimum absolute atomic E-state index is 0.0914. The third-order valence-corrected chi connectivity index (χ3v) is 3.06. The summed E-state index contributed by atoms with van der Waals surface area (Å²) >= 11 is 0. The number of amides is 1. The molecule has 1 N–H and O–H groups in total. The van der Waals surface area contributed by atoms with E-state index in [0.29, 0.717) is 36.2 Å². The zero-order chi connectivity index (χ0) is 16.7. The van der Waals surface area contributed by atoms with Crippen LogP contribution in [0.2, 0.25) is 0 Å². The largest absolute Gasteiger partial charge is 0.483 e. The second-order valence-corrected chi connectivity index (χ2v) is 5.24. The summed E-state index contributed by atoms with van der Waals surface area (Å²) in [7, 11) is 1.58. The Hall–Kier alpha value is -2.41. The molecule has 0 radical (unpaired) electrons. The Morgan fingerprint density at radius 2 is 2.13 bits per heavy atom. The van der Waals surface area contributed by atoms with E-state index in [-0.39, 0.29) is 18.4 Å². The fraction of sp³-hybridized carbons (Fsp3) is 0.438. The predicted molar refractivity (Wildman–Crippen MR) is 84.2 cm³/mol. The molecule has 1 heterocycles. The van der Waals surface area contributed by atoms with E-state index in [2.05, 4.69) is 15.5 Å². The number of methoxy groups -OCH3 is 1. The van der Waals surface area contributed by atoms with Crippen molar-refractivity contribution in [3.05, 3.63) is 30.1 Å². The van der Waals surface area contributed by atoms with Gasteiger partial charge in [-0.05, 0) is 12.1 Å². The SMILES string of the molecule is COCCNC(=O)COc1ccccc1-c1nc(C(C)C)no1. The summed E-state index contributed by atoms with van der Waals surface area (Å²) in [6.45, 7) is 4.79. The highest BCUT2D eigenvalue weighted by molar-refractivity contribution is 5.77. The van der Waals surface area contributed by atoms with E-state index < -0.39 is 0 Å². The van der Waals surface area contributed by atoms with Crippen LogP contribution >= 0.6 is 0 Å². The molecule has 7 nitrogen and oxygen atoms in total. The van der Waals surface area contributed by atoms with Crippen molar-refractivity contribution in [2.75, 3.05) is 26.9 Å². The summed E-state index contributed by atoms with van der Waals surface area (Å²) in [4.78, 5) is 16.0. The Kier molecular flexibility index (Phi) is 6.10. The van der Waals surface area contributed by atoms with E-state index in [0.717, 1.165) is 0 Å². The summed E-state index contributed by atoms with van der Waals surface area (Å²) in [5.41, 5.74) is 0.664. The van der Waals surface area contributed by atoms with Gasteiger partial charge >= 0.3 is 0 Å². The van der Waals surface area contributed by atoms with Gasteiger partial charge in [0.2, 0.25) is 0 Å². The molecule has 0 saturated carbocycles. The fourth-order valence-electron chi connectivity index (χ4n) is 1.83. The molecule has 2 aromatic rings. The standard InChI is InChI=1S/C16H21N3O4/c1-11(2)15-18-16(23-19-15)12-6-4-5-7-13(12)22-10-14(20)17-8-9-21-3/h4-7,11H,8-10H2,1-3H3,(H,17,20).